The fourth-order valence-electron chi connectivity index (χ4n) is 3.88. The molecule has 2 aromatic heterocycles. The van der Waals surface area contributed by atoms with Crippen molar-refractivity contribution in [3.8, 4) is 0 Å². The van der Waals surface area contributed by atoms with Crippen LogP contribution in [0.5, 0.6) is 0 Å². The Hall–Kier alpha value is -2.54. The van der Waals surface area contributed by atoms with Crippen molar-refractivity contribution < 1.29 is 14.4 Å². The number of pyridine rings is 1. The molecular formula is C23H26N3O2S+. The summed E-state index contributed by atoms with van der Waals surface area (Å²) in [6, 6.07) is 15.5. The Labute approximate surface area is 175 Å². The van der Waals surface area contributed by atoms with Crippen molar-refractivity contribution >= 4 is 22.2 Å². The minimum Gasteiger partial charge on any atom is -0.370 e. The first-order valence-electron chi connectivity index (χ1n) is 9.94. The van der Waals surface area contributed by atoms with Gasteiger partial charge in [-0.2, -0.15) is 0 Å². The highest BCUT2D eigenvalue weighted by Crippen LogP contribution is 2.38. The van der Waals surface area contributed by atoms with Gasteiger partial charge < -0.3 is 15.0 Å². The van der Waals surface area contributed by atoms with Gasteiger partial charge in [0.05, 0.1) is 18.8 Å². The maximum Gasteiger partial charge on any atom is 0.256 e. The zero-order chi connectivity index (χ0) is 20.2. The lowest BCUT2D eigenvalue weighted by Crippen LogP contribution is -3.14. The lowest BCUT2D eigenvalue weighted by molar-refractivity contribution is -0.933. The van der Waals surface area contributed by atoms with Gasteiger partial charge >= 0.3 is 0 Å². The second kappa shape index (κ2) is 8.86. The van der Waals surface area contributed by atoms with Crippen LogP contribution >= 0.6 is 11.3 Å². The van der Waals surface area contributed by atoms with Gasteiger partial charge in [0.1, 0.15) is 23.8 Å². The molecule has 0 bridgehead atoms. The molecule has 0 spiro atoms. The van der Waals surface area contributed by atoms with E-state index in [4.69, 9.17) is 4.74 Å². The van der Waals surface area contributed by atoms with Crippen molar-refractivity contribution in [2.24, 2.45) is 0 Å². The first-order valence-corrected chi connectivity index (χ1v) is 10.8. The van der Waals surface area contributed by atoms with Crippen LogP contribution in [0.25, 0.3) is 0 Å². The van der Waals surface area contributed by atoms with Gasteiger partial charge in [-0.05, 0) is 43.7 Å². The number of nitrogens with zero attached hydrogens (tertiary/aromatic N) is 1. The molecule has 1 aliphatic heterocycles. The third-order valence-corrected chi connectivity index (χ3v) is 6.65. The highest BCUT2D eigenvalue weighted by molar-refractivity contribution is 7.16. The molecule has 6 heteroatoms. The van der Waals surface area contributed by atoms with Crippen LogP contribution in [0.4, 0.5) is 5.00 Å². The summed E-state index contributed by atoms with van der Waals surface area (Å²) in [7, 11) is 0. The molecule has 0 aliphatic carbocycles. The fraction of sp³-hybridized carbons (Fsp3) is 0.304. The van der Waals surface area contributed by atoms with Crippen molar-refractivity contribution in [1.29, 1.82) is 0 Å². The topological polar surface area (TPSA) is 55.7 Å². The van der Waals surface area contributed by atoms with Crippen LogP contribution in [0.3, 0.4) is 0 Å². The van der Waals surface area contributed by atoms with Crippen molar-refractivity contribution in [3.05, 3.63) is 82.0 Å². The van der Waals surface area contributed by atoms with Gasteiger partial charge in [0, 0.05) is 16.6 Å². The Morgan fingerprint density at radius 2 is 1.83 bits per heavy atom. The predicted octanol–water partition coefficient (Wildman–Crippen LogP) is 3.02. The maximum atomic E-state index is 12.9. The Morgan fingerprint density at radius 1 is 1.10 bits per heavy atom. The van der Waals surface area contributed by atoms with Gasteiger partial charge in [0.15, 0.2) is 6.04 Å². The highest BCUT2D eigenvalue weighted by Gasteiger charge is 2.34. The van der Waals surface area contributed by atoms with E-state index in [9.17, 15) is 4.79 Å². The Bertz CT molecular complexity index is 967. The molecule has 1 fully saturated rings. The molecule has 1 amide bonds. The van der Waals surface area contributed by atoms with E-state index < -0.39 is 0 Å². The number of thiophene rings is 1. The van der Waals surface area contributed by atoms with Gasteiger partial charge in [-0.25, -0.2) is 0 Å². The van der Waals surface area contributed by atoms with Crippen molar-refractivity contribution in [2.45, 2.75) is 19.9 Å². The number of hydrogen-bond donors (Lipinski definition) is 2. The number of aryl methyl sites for hydroxylation is 1. The van der Waals surface area contributed by atoms with Crippen molar-refractivity contribution in [1.82, 2.24) is 4.98 Å². The summed E-state index contributed by atoms with van der Waals surface area (Å²) in [5.74, 6) is -0.0788. The number of amides is 1. The number of nitrogens with one attached hydrogen (secondary N) is 2. The second-order valence-electron chi connectivity index (χ2n) is 7.30. The highest BCUT2D eigenvalue weighted by atomic mass is 32.1. The van der Waals surface area contributed by atoms with Gasteiger partial charge in [0.2, 0.25) is 0 Å². The molecule has 2 N–H and O–H groups in total. The van der Waals surface area contributed by atoms with E-state index in [2.05, 4.69) is 30.2 Å². The summed E-state index contributed by atoms with van der Waals surface area (Å²) in [5.41, 5.74) is 4.09. The van der Waals surface area contributed by atoms with Gasteiger partial charge in [-0.15, -0.1) is 11.3 Å². The van der Waals surface area contributed by atoms with Crippen LogP contribution < -0.4 is 10.2 Å². The van der Waals surface area contributed by atoms with Gasteiger partial charge in [0.25, 0.3) is 5.91 Å². The third-order valence-electron chi connectivity index (χ3n) is 5.51. The molecule has 0 radical (unpaired) electrons. The van der Waals surface area contributed by atoms with E-state index in [0.29, 0.717) is 5.56 Å². The molecule has 29 heavy (non-hydrogen) atoms. The molecule has 3 heterocycles. The summed E-state index contributed by atoms with van der Waals surface area (Å²) in [5, 5.41) is 4.10. The van der Waals surface area contributed by atoms with Crippen molar-refractivity contribution in [3.63, 3.8) is 0 Å². The smallest absolute Gasteiger partial charge is 0.256 e. The molecule has 0 saturated carbocycles. The van der Waals surface area contributed by atoms with Crippen LogP contribution in [0.1, 0.15) is 38.1 Å². The zero-order valence-corrected chi connectivity index (χ0v) is 17.6. The third kappa shape index (κ3) is 4.24. The minimum atomic E-state index is -0.0788. The van der Waals surface area contributed by atoms with Crippen LogP contribution in [0, 0.1) is 13.8 Å². The molecule has 4 rings (SSSR count). The quantitative estimate of drug-likeness (QED) is 0.682. The summed E-state index contributed by atoms with van der Waals surface area (Å²) in [4.78, 5) is 20.2. The van der Waals surface area contributed by atoms with E-state index in [1.165, 1.54) is 20.9 Å². The fourth-order valence-corrected chi connectivity index (χ4v) is 4.97. The molecular weight excluding hydrogens is 382 g/mol. The SMILES string of the molecule is Cc1sc(NC(=O)c2ccccc2)c([C@H](c2ccccn2)[NH+]2CCOCC2)c1C. The molecule has 3 aromatic rings. The number of benzene rings is 1. The standard InChI is InChI=1S/C23H25N3O2S/c1-16-17(2)29-23(25-22(27)18-8-4-3-5-9-18)20(16)21(19-10-6-7-11-24-19)26-12-14-28-15-13-26/h3-11,21H,12-15H2,1-2H3,(H,25,27)/p+1/t21-/m0/s1. The van der Waals surface area contributed by atoms with E-state index >= 15 is 0 Å². The molecule has 1 atom stereocenters. The summed E-state index contributed by atoms with van der Waals surface area (Å²) < 4.78 is 5.60. The number of anilines is 1. The first-order chi connectivity index (χ1) is 14.1. The Kier molecular flexibility index (Phi) is 6.04. The molecule has 5 nitrogen and oxygen atoms in total. The molecule has 1 saturated heterocycles. The maximum absolute atomic E-state index is 12.9. The number of quaternary nitrogens is 1. The number of carbonyl (C=O) groups is 1. The normalized spacial score (nSPS) is 15.8. The van der Waals surface area contributed by atoms with E-state index in [1.54, 1.807) is 11.3 Å². The average molecular weight is 409 g/mol. The van der Waals surface area contributed by atoms with Crippen LogP contribution in [-0.2, 0) is 4.74 Å². The predicted molar refractivity (Wildman–Crippen MR) is 116 cm³/mol. The number of hydrogen-bond acceptors (Lipinski definition) is 4. The molecule has 150 valence electrons. The number of carbonyl (C=O) groups excluding carboxylic acids is 1. The van der Waals surface area contributed by atoms with E-state index in [0.717, 1.165) is 37.0 Å². The second-order valence-corrected chi connectivity index (χ2v) is 8.53. The van der Waals surface area contributed by atoms with E-state index in [-0.39, 0.29) is 11.9 Å². The summed E-state index contributed by atoms with van der Waals surface area (Å²) in [6.07, 6.45) is 1.85. The first kappa shape index (κ1) is 19.8. The lowest BCUT2D eigenvalue weighted by Gasteiger charge is -2.32. The number of ether oxygens (including phenoxy) is 1. The van der Waals surface area contributed by atoms with Crippen LogP contribution in [0.15, 0.2) is 54.7 Å². The number of rotatable bonds is 5. The zero-order valence-electron chi connectivity index (χ0n) is 16.8. The summed E-state index contributed by atoms with van der Waals surface area (Å²) in [6.45, 7) is 7.59. The van der Waals surface area contributed by atoms with Crippen molar-refractivity contribution in [2.75, 3.05) is 31.6 Å². The molecule has 0 unspecified atom stereocenters. The van der Waals surface area contributed by atoms with E-state index in [1.807, 2.05) is 48.7 Å². The van der Waals surface area contributed by atoms with Crippen LogP contribution in [-0.4, -0.2) is 37.2 Å². The Balaban J connectivity index is 1.75. The van der Waals surface area contributed by atoms with Gasteiger partial charge in [-0.3, -0.25) is 9.78 Å². The molecule has 1 aliphatic rings. The monoisotopic (exact) mass is 408 g/mol. The largest absolute Gasteiger partial charge is 0.370 e. The lowest BCUT2D eigenvalue weighted by atomic mass is 9.98. The average Bonchev–Trinajstić information content (AvgIpc) is 3.04. The Morgan fingerprint density at radius 3 is 2.52 bits per heavy atom. The number of morpholine rings is 1. The van der Waals surface area contributed by atoms with Crippen LogP contribution in [0.2, 0.25) is 0 Å². The molecule has 1 aromatic carbocycles. The number of aromatic nitrogens is 1. The minimum absolute atomic E-state index is 0.0659. The summed E-state index contributed by atoms with van der Waals surface area (Å²) >= 11 is 1.65. The van der Waals surface area contributed by atoms with Gasteiger partial charge in [-0.1, -0.05) is 24.3 Å².